The van der Waals surface area contributed by atoms with Crippen molar-refractivity contribution < 1.29 is 23.8 Å². The van der Waals surface area contributed by atoms with Gasteiger partial charge in [-0.1, -0.05) is 72.8 Å². The van der Waals surface area contributed by atoms with Crippen molar-refractivity contribution in [1.29, 1.82) is 0 Å². The molecule has 0 radical (unpaired) electrons. The van der Waals surface area contributed by atoms with Crippen LogP contribution in [0.4, 0.5) is 0 Å². The molecule has 1 heterocycles. The summed E-state index contributed by atoms with van der Waals surface area (Å²) in [6.07, 6.45) is 2.00. The molecule has 0 N–H and O–H groups in total. The first-order chi connectivity index (χ1) is 15.2. The smallest absolute Gasteiger partial charge is 0.338 e. The Kier molecular flexibility index (Phi) is 6.55. The molecule has 4 rings (SSSR count). The quantitative estimate of drug-likeness (QED) is 0.430. The Labute approximate surface area is 180 Å². The van der Waals surface area contributed by atoms with Crippen LogP contribution in [0.1, 0.15) is 32.4 Å². The SMILES string of the molecule is O=C(OC[C@H]1O[C@H](c2ccccc2)C=C[C@H]1OC(=O)c1ccccc1)c1ccccc1. The van der Waals surface area contributed by atoms with Crippen molar-refractivity contribution in [3.63, 3.8) is 0 Å². The van der Waals surface area contributed by atoms with Gasteiger partial charge in [0.1, 0.15) is 24.9 Å². The van der Waals surface area contributed by atoms with Gasteiger partial charge in [-0.15, -0.1) is 0 Å². The van der Waals surface area contributed by atoms with Crippen molar-refractivity contribution in [2.24, 2.45) is 0 Å². The number of esters is 2. The third kappa shape index (κ3) is 5.27. The minimum Gasteiger partial charge on any atom is -0.459 e. The highest BCUT2D eigenvalue weighted by molar-refractivity contribution is 5.90. The molecule has 0 aliphatic carbocycles. The lowest BCUT2D eigenvalue weighted by molar-refractivity contribution is -0.0904. The summed E-state index contributed by atoms with van der Waals surface area (Å²) in [4.78, 5) is 24.9. The summed E-state index contributed by atoms with van der Waals surface area (Å²) in [5.74, 6) is -0.917. The average Bonchev–Trinajstić information content (AvgIpc) is 2.84. The van der Waals surface area contributed by atoms with Crippen LogP contribution in [0.3, 0.4) is 0 Å². The molecule has 31 heavy (non-hydrogen) atoms. The van der Waals surface area contributed by atoms with Crippen LogP contribution in [-0.2, 0) is 14.2 Å². The second-order valence-corrected chi connectivity index (χ2v) is 7.09. The third-order valence-electron chi connectivity index (χ3n) is 4.93. The van der Waals surface area contributed by atoms with Crippen LogP contribution in [0.2, 0.25) is 0 Å². The first-order valence-corrected chi connectivity index (χ1v) is 10.1. The van der Waals surface area contributed by atoms with Crippen LogP contribution in [0.15, 0.2) is 103 Å². The lowest BCUT2D eigenvalue weighted by Gasteiger charge is -2.32. The van der Waals surface area contributed by atoms with E-state index in [9.17, 15) is 9.59 Å². The Morgan fingerprint density at radius 1 is 0.710 bits per heavy atom. The summed E-state index contributed by atoms with van der Waals surface area (Å²) in [5.41, 5.74) is 1.86. The third-order valence-corrected chi connectivity index (χ3v) is 4.93. The predicted octanol–water partition coefficient (Wildman–Crippen LogP) is 4.77. The van der Waals surface area contributed by atoms with Crippen molar-refractivity contribution in [2.45, 2.75) is 18.3 Å². The molecule has 3 aromatic carbocycles. The molecule has 0 saturated heterocycles. The van der Waals surface area contributed by atoms with Crippen LogP contribution in [0.5, 0.6) is 0 Å². The lowest BCUT2D eigenvalue weighted by atomic mass is 10.0. The molecule has 0 bridgehead atoms. The highest BCUT2D eigenvalue weighted by Crippen LogP contribution is 2.28. The number of benzene rings is 3. The Hall–Kier alpha value is -3.70. The zero-order chi connectivity index (χ0) is 21.5. The lowest BCUT2D eigenvalue weighted by Crippen LogP contribution is -2.39. The number of hydrogen-bond donors (Lipinski definition) is 0. The average molecular weight is 414 g/mol. The molecule has 3 atom stereocenters. The first kappa shape index (κ1) is 20.6. The molecule has 0 aromatic heterocycles. The Morgan fingerprint density at radius 2 is 1.26 bits per heavy atom. The maximum atomic E-state index is 12.6. The number of carbonyl (C=O) groups excluding carboxylic acids is 2. The van der Waals surface area contributed by atoms with E-state index in [4.69, 9.17) is 14.2 Å². The second kappa shape index (κ2) is 9.87. The van der Waals surface area contributed by atoms with Crippen LogP contribution < -0.4 is 0 Å². The molecule has 0 amide bonds. The van der Waals surface area contributed by atoms with Crippen molar-refractivity contribution in [1.82, 2.24) is 0 Å². The minimum atomic E-state index is -0.684. The summed E-state index contributed by atoms with van der Waals surface area (Å²) < 4.78 is 17.3. The zero-order valence-electron chi connectivity index (χ0n) is 16.8. The van der Waals surface area contributed by atoms with Crippen LogP contribution in [0.25, 0.3) is 0 Å². The first-order valence-electron chi connectivity index (χ1n) is 10.1. The molecule has 1 aliphatic rings. The standard InChI is InChI=1S/C26H22O5/c27-25(20-12-6-2-7-13-20)29-18-24-23(31-26(28)21-14-8-3-9-15-21)17-16-22(30-24)19-10-4-1-5-11-19/h1-17,22-24H,18H2/t22-,23+,24+/m0/s1. The fraction of sp³-hybridized carbons (Fsp3) is 0.154. The second-order valence-electron chi connectivity index (χ2n) is 7.09. The van der Waals surface area contributed by atoms with E-state index in [2.05, 4.69) is 0 Å². The van der Waals surface area contributed by atoms with Gasteiger partial charge in [-0.2, -0.15) is 0 Å². The van der Waals surface area contributed by atoms with Gasteiger partial charge in [-0.05, 0) is 35.9 Å². The number of rotatable bonds is 6. The molecule has 0 saturated carbocycles. The van der Waals surface area contributed by atoms with Gasteiger partial charge in [0.25, 0.3) is 0 Å². The fourth-order valence-corrected chi connectivity index (χ4v) is 3.31. The zero-order valence-corrected chi connectivity index (χ0v) is 16.8. The summed E-state index contributed by atoms with van der Waals surface area (Å²) >= 11 is 0. The van der Waals surface area contributed by atoms with E-state index in [1.54, 1.807) is 54.6 Å². The van der Waals surface area contributed by atoms with Gasteiger partial charge < -0.3 is 14.2 Å². The van der Waals surface area contributed by atoms with E-state index in [0.29, 0.717) is 11.1 Å². The maximum absolute atomic E-state index is 12.6. The molecule has 0 unspecified atom stereocenters. The van der Waals surface area contributed by atoms with Crippen LogP contribution in [-0.4, -0.2) is 30.8 Å². The van der Waals surface area contributed by atoms with Crippen LogP contribution in [0, 0.1) is 0 Å². The highest BCUT2D eigenvalue weighted by atomic mass is 16.6. The van der Waals surface area contributed by atoms with Crippen molar-refractivity contribution >= 4 is 11.9 Å². The molecule has 5 heteroatoms. The summed E-state index contributed by atoms with van der Waals surface area (Å²) in [6, 6.07) is 27.2. The topological polar surface area (TPSA) is 61.8 Å². The van der Waals surface area contributed by atoms with Gasteiger partial charge in [-0.3, -0.25) is 0 Å². The van der Waals surface area contributed by atoms with Gasteiger partial charge in [0.15, 0.2) is 0 Å². The number of hydrogen-bond acceptors (Lipinski definition) is 5. The Bertz CT molecular complexity index is 1030. The van der Waals surface area contributed by atoms with E-state index < -0.39 is 24.1 Å². The maximum Gasteiger partial charge on any atom is 0.338 e. The van der Waals surface area contributed by atoms with Gasteiger partial charge in [0.05, 0.1) is 11.1 Å². The highest BCUT2D eigenvalue weighted by Gasteiger charge is 2.32. The predicted molar refractivity (Wildman–Crippen MR) is 116 cm³/mol. The summed E-state index contributed by atoms with van der Waals surface area (Å²) in [6.45, 7) is -0.0475. The Balaban J connectivity index is 1.49. The molecule has 3 aromatic rings. The van der Waals surface area contributed by atoms with E-state index in [-0.39, 0.29) is 12.7 Å². The van der Waals surface area contributed by atoms with Crippen molar-refractivity contribution in [3.05, 3.63) is 120 Å². The molecule has 156 valence electrons. The molecule has 1 aliphatic heterocycles. The van der Waals surface area contributed by atoms with Gasteiger partial charge in [0.2, 0.25) is 0 Å². The molecule has 0 fully saturated rings. The molecular formula is C26H22O5. The largest absolute Gasteiger partial charge is 0.459 e. The van der Waals surface area contributed by atoms with Crippen molar-refractivity contribution in [2.75, 3.05) is 6.61 Å². The van der Waals surface area contributed by atoms with Gasteiger partial charge in [-0.25, -0.2) is 9.59 Å². The van der Waals surface area contributed by atoms with Crippen molar-refractivity contribution in [3.8, 4) is 0 Å². The molecule has 0 spiro atoms. The minimum absolute atomic E-state index is 0.0475. The summed E-state index contributed by atoms with van der Waals surface area (Å²) in [5, 5.41) is 0. The number of carbonyl (C=O) groups is 2. The van der Waals surface area contributed by atoms with E-state index in [0.717, 1.165) is 5.56 Å². The normalized spacial score (nSPS) is 20.1. The summed E-state index contributed by atoms with van der Waals surface area (Å²) in [7, 11) is 0. The fourth-order valence-electron chi connectivity index (χ4n) is 3.31. The van der Waals surface area contributed by atoms with Crippen LogP contribution >= 0.6 is 0 Å². The monoisotopic (exact) mass is 414 g/mol. The van der Waals surface area contributed by atoms with Gasteiger partial charge >= 0.3 is 11.9 Å². The Morgan fingerprint density at radius 3 is 1.87 bits per heavy atom. The number of ether oxygens (including phenoxy) is 3. The molecule has 5 nitrogen and oxygen atoms in total. The molecular weight excluding hydrogens is 392 g/mol. The van der Waals surface area contributed by atoms with Gasteiger partial charge in [0, 0.05) is 0 Å². The van der Waals surface area contributed by atoms with E-state index >= 15 is 0 Å². The van der Waals surface area contributed by atoms with E-state index in [1.807, 2.05) is 48.5 Å². The van der Waals surface area contributed by atoms with E-state index in [1.165, 1.54) is 0 Å².